The number of hydrogen-bond acceptors (Lipinski definition) is 6. The highest BCUT2D eigenvalue weighted by molar-refractivity contribution is 9.13. The number of amides is 4. The first kappa shape index (κ1) is 34.2. The number of benzene rings is 6. The van der Waals surface area contributed by atoms with Crippen molar-refractivity contribution in [3.8, 4) is 33.4 Å². The molecule has 0 bridgehead atoms. The molecule has 8 rings (SSSR count). The van der Waals surface area contributed by atoms with Crippen LogP contribution >= 0.6 is 63.7 Å². The highest BCUT2D eigenvalue weighted by atomic mass is 79.9. The van der Waals surface area contributed by atoms with Gasteiger partial charge in [-0.1, -0.05) is 48.5 Å². The van der Waals surface area contributed by atoms with Gasteiger partial charge in [0.2, 0.25) is 0 Å². The van der Waals surface area contributed by atoms with Crippen molar-refractivity contribution in [2.75, 3.05) is 21.3 Å². The number of halogens is 4. The first-order valence-electron chi connectivity index (χ1n) is 15.7. The van der Waals surface area contributed by atoms with E-state index in [9.17, 15) is 19.2 Å². The second kappa shape index (κ2) is 13.0. The maximum Gasteiger partial charge on any atom is 0.266 e. The smallest absolute Gasteiger partial charge is 0.266 e. The normalized spacial score (nSPS) is 13.6. The van der Waals surface area contributed by atoms with E-state index < -0.39 is 23.6 Å². The standard InChI is InChI=1S/C40H22Br4N4O4/c41-33-25(13-15-31(35(33)43)47-37(49)27-11-5-21(17-29(27)39(47)51)19-1-7-23(45)8-2-19)26-14-16-32(36(44)34(26)42)48-38(50)28-12-6-22(18-30(28)40(48)52)20-3-9-24(46)10-4-20/h1-18H,45-46H2. The zero-order chi connectivity index (χ0) is 36.6. The summed E-state index contributed by atoms with van der Waals surface area (Å²) in [6.45, 7) is 0. The van der Waals surface area contributed by atoms with Gasteiger partial charge in [0.05, 0.1) is 42.6 Å². The molecule has 0 radical (unpaired) electrons. The van der Waals surface area contributed by atoms with Gasteiger partial charge in [-0.25, -0.2) is 9.80 Å². The molecule has 52 heavy (non-hydrogen) atoms. The van der Waals surface area contributed by atoms with Gasteiger partial charge in [0.15, 0.2) is 0 Å². The van der Waals surface area contributed by atoms with Crippen LogP contribution in [0.2, 0.25) is 0 Å². The lowest BCUT2D eigenvalue weighted by Crippen LogP contribution is -2.30. The number of carbonyl (C=O) groups excluding carboxylic acids is 4. The molecule has 254 valence electrons. The first-order chi connectivity index (χ1) is 24.9. The van der Waals surface area contributed by atoms with Crippen LogP contribution in [0.15, 0.2) is 127 Å². The lowest BCUT2D eigenvalue weighted by Gasteiger charge is -2.21. The van der Waals surface area contributed by atoms with Crippen LogP contribution in [0.3, 0.4) is 0 Å². The van der Waals surface area contributed by atoms with Crippen molar-refractivity contribution in [1.82, 2.24) is 0 Å². The van der Waals surface area contributed by atoms with E-state index >= 15 is 0 Å². The van der Waals surface area contributed by atoms with Crippen LogP contribution in [0.4, 0.5) is 22.7 Å². The van der Waals surface area contributed by atoms with Crippen molar-refractivity contribution < 1.29 is 19.2 Å². The number of imide groups is 2. The molecule has 0 fully saturated rings. The van der Waals surface area contributed by atoms with Crippen molar-refractivity contribution in [3.63, 3.8) is 0 Å². The molecule has 2 aliphatic heterocycles. The summed E-state index contributed by atoms with van der Waals surface area (Å²) in [4.78, 5) is 57.0. The molecule has 6 aromatic rings. The lowest BCUT2D eigenvalue weighted by molar-refractivity contribution is 0.0910. The minimum absolute atomic E-state index is 0.309. The maximum atomic E-state index is 13.7. The van der Waals surface area contributed by atoms with Crippen molar-refractivity contribution in [2.45, 2.75) is 0 Å². The van der Waals surface area contributed by atoms with Crippen LogP contribution in [-0.4, -0.2) is 23.6 Å². The number of hydrogen-bond donors (Lipinski definition) is 2. The quantitative estimate of drug-likeness (QED) is 0.131. The van der Waals surface area contributed by atoms with Crippen molar-refractivity contribution in [3.05, 3.63) is 149 Å². The van der Waals surface area contributed by atoms with E-state index in [4.69, 9.17) is 11.5 Å². The number of nitrogen functional groups attached to an aromatic ring is 2. The number of carbonyl (C=O) groups is 4. The van der Waals surface area contributed by atoms with E-state index in [2.05, 4.69) is 63.7 Å². The fraction of sp³-hybridized carbons (Fsp3) is 0. The third-order valence-corrected chi connectivity index (χ3v) is 13.5. The Morgan fingerprint density at radius 1 is 0.346 bits per heavy atom. The van der Waals surface area contributed by atoms with Crippen molar-refractivity contribution >= 4 is 110 Å². The molecule has 0 unspecified atom stereocenters. The first-order valence-corrected chi connectivity index (χ1v) is 18.9. The van der Waals surface area contributed by atoms with E-state index in [1.807, 2.05) is 36.4 Å². The monoisotopic (exact) mass is 938 g/mol. The Hall–Kier alpha value is -4.88. The molecule has 2 heterocycles. The SMILES string of the molecule is Nc1ccc(-c2ccc3c(c2)C(=O)N(c2ccc(-c4ccc(N5C(=O)c6ccc(-c7ccc(N)cc7)cc6C5=O)c(Br)c4Br)c(Br)c2Br)C3=O)cc1. The largest absolute Gasteiger partial charge is 0.399 e. The van der Waals surface area contributed by atoms with E-state index in [0.717, 1.165) is 32.1 Å². The van der Waals surface area contributed by atoms with Gasteiger partial charge in [-0.3, -0.25) is 19.2 Å². The summed E-state index contributed by atoms with van der Waals surface area (Å²) >= 11 is 14.6. The molecular formula is C40H22Br4N4O4. The third kappa shape index (κ3) is 5.44. The van der Waals surface area contributed by atoms with E-state index in [1.165, 1.54) is 0 Å². The second-order valence-corrected chi connectivity index (χ2v) is 15.3. The minimum Gasteiger partial charge on any atom is -0.399 e. The average Bonchev–Trinajstić information content (AvgIpc) is 3.54. The molecular weight excluding hydrogens is 920 g/mol. The molecule has 4 amide bonds. The highest BCUT2D eigenvalue weighted by Crippen LogP contribution is 2.48. The van der Waals surface area contributed by atoms with Crippen LogP contribution in [0.1, 0.15) is 41.4 Å². The number of fused-ring (bicyclic) bond motifs is 2. The molecule has 0 spiro atoms. The molecule has 12 heteroatoms. The summed E-state index contributed by atoms with van der Waals surface area (Å²) in [7, 11) is 0. The molecule has 0 aliphatic carbocycles. The average molecular weight is 942 g/mol. The van der Waals surface area contributed by atoms with Crippen LogP contribution < -0.4 is 21.3 Å². The molecule has 0 saturated carbocycles. The Bertz CT molecular complexity index is 2390. The summed E-state index contributed by atoms with van der Waals surface area (Å²) in [5, 5.41) is 0. The molecule has 0 saturated heterocycles. The van der Waals surface area contributed by atoms with Crippen LogP contribution in [-0.2, 0) is 0 Å². The number of nitrogens with two attached hydrogens (primary N) is 2. The summed E-state index contributed by atoms with van der Waals surface area (Å²) in [5.41, 5.74) is 19.7. The summed E-state index contributed by atoms with van der Waals surface area (Å²) in [5.74, 6) is -1.74. The zero-order valence-electron chi connectivity index (χ0n) is 26.6. The van der Waals surface area contributed by atoms with Gasteiger partial charge in [-0.05, 0) is 158 Å². The van der Waals surface area contributed by atoms with Crippen molar-refractivity contribution in [1.29, 1.82) is 0 Å². The Kier molecular flexibility index (Phi) is 8.53. The van der Waals surface area contributed by atoms with Crippen LogP contribution in [0, 0.1) is 0 Å². The topological polar surface area (TPSA) is 127 Å². The Morgan fingerprint density at radius 3 is 1.02 bits per heavy atom. The Balaban J connectivity index is 1.10. The minimum atomic E-state index is -0.438. The van der Waals surface area contributed by atoms with Gasteiger partial charge in [-0.2, -0.15) is 0 Å². The van der Waals surface area contributed by atoms with Gasteiger partial charge in [-0.15, -0.1) is 0 Å². The second-order valence-electron chi connectivity index (χ2n) is 12.2. The Labute approximate surface area is 330 Å². The number of nitrogens with zero attached hydrogens (tertiary/aromatic N) is 2. The molecule has 6 aromatic carbocycles. The van der Waals surface area contributed by atoms with Gasteiger partial charge in [0, 0.05) is 20.3 Å². The van der Waals surface area contributed by atoms with Gasteiger partial charge >= 0.3 is 0 Å². The van der Waals surface area contributed by atoms with Gasteiger partial charge in [0.25, 0.3) is 23.6 Å². The molecule has 0 atom stereocenters. The van der Waals surface area contributed by atoms with E-state index in [-0.39, 0.29) is 0 Å². The van der Waals surface area contributed by atoms with E-state index in [1.54, 1.807) is 72.8 Å². The molecule has 8 nitrogen and oxygen atoms in total. The van der Waals surface area contributed by atoms with Crippen LogP contribution in [0.5, 0.6) is 0 Å². The fourth-order valence-electron chi connectivity index (χ4n) is 6.47. The number of rotatable bonds is 5. The summed E-state index contributed by atoms with van der Waals surface area (Å²) in [6.07, 6.45) is 0. The predicted octanol–water partition coefficient (Wildman–Crippen LogP) is 10.5. The third-order valence-electron chi connectivity index (χ3n) is 9.16. The maximum absolute atomic E-state index is 13.7. The number of anilines is 4. The van der Waals surface area contributed by atoms with Crippen LogP contribution in [0.25, 0.3) is 33.4 Å². The fourth-order valence-corrected chi connectivity index (χ4v) is 8.61. The zero-order valence-corrected chi connectivity index (χ0v) is 32.9. The Morgan fingerprint density at radius 2 is 0.654 bits per heavy atom. The highest BCUT2D eigenvalue weighted by Gasteiger charge is 2.40. The summed E-state index contributed by atoms with van der Waals surface area (Å²) < 4.78 is 2.14. The predicted molar refractivity (Wildman–Crippen MR) is 218 cm³/mol. The van der Waals surface area contributed by atoms with Crippen molar-refractivity contribution in [2.24, 2.45) is 0 Å². The molecule has 0 aromatic heterocycles. The van der Waals surface area contributed by atoms with E-state index in [0.29, 0.717) is 74.0 Å². The van der Waals surface area contributed by atoms with Gasteiger partial charge in [0.1, 0.15) is 0 Å². The summed E-state index contributed by atoms with van der Waals surface area (Å²) in [6, 6.07) is 32.0. The molecule has 2 aliphatic rings. The lowest BCUT2D eigenvalue weighted by atomic mass is 10.00. The molecule has 4 N–H and O–H groups in total. The van der Waals surface area contributed by atoms with Gasteiger partial charge < -0.3 is 11.5 Å².